The van der Waals surface area contributed by atoms with Crippen LogP contribution in [0.15, 0.2) is 42.6 Å². The Morgan fingerprint density at radius 1 is 1.15 bits per heavy atom. The summed E-state index contributed by atoms with van der Waals surface area (Å²) in [6.07, 6.45) is -0.409. The molecule has 0 radical (unpaired) electrons. The van der Waals surface area contributed by atoms with Crippen LogP contribution >= 0.6 is 10.9 Å². The number of aryl methyl sites for hydroxylation is 1. The molecule has 41 heavy (non-hydrogen) atoms. The molecule has 5 rings (SSSR count). The van der Waals surface area contributed by atoms with E-state index in [1.54, 1.807) is 0 Å². The van der Waals surface area contributed by atoms with Gasteiger partial charge in [-0.25, -0.2) is 28.7 Å². The van der Waals surface area contributed by atoms with Gasteiger partial charge in [0.15, 0.2) is 17.5 Å². The van der Waals surface area contributed by atoms with E-state index in [1.807, 2.05) is 45.0 Å². The monoisotopic (exact) mass is 595 g/mol. The Morgan fingerprint density at radius 2 is 1.83 bits per heavy atom. The largest absolute Gasteiger partial charge is 0.395 e. The lowest BCUT2D eigenvalue weighted by atomic mass is 9.79. The molecule has 7 atom stereocenters. The summed E-state index contributed by atoms with van der Waals surface area (Å²) in [5.74, 6) is -4.18. The van der Waals surface area contributed by atoms with Gasteiger partial charge in [-0.3, -0.25) is 0 Å². The van der Waals surface area contributed by atoms with Gasteiger partial charge >= 0.3 is 0 Å². The second kappa shape index (κ2) is 11.3. The minimum atomic E-state index is -1.60. The number of hydrogen-bond acceptors (Lipinski definition) is 7. The predicted molar refractivity (Wildman–Crippen MR) is 149 cm³/mol. The number of nitrogens with zero attached hydrogens (tertiary/aromatic N) is 3. The quantitative estimate of drug-likeness (QED) is 0.219. The van der Waals surface area contributed by atoms with E-state index >= 15 is 0 Å². The van der Waals surface area contributed by atoms with E-state index in [2.05, 4.69) is 10.3 Å². The number of rotatable bonds is 6. The molecule has 3 aromatic rings. The number of thiol groups is 1. The van der Waals surface area contributed by atoms with Gasteiger partial charge in [-0.05, 0) is 44.0 Å². The first-order valence-corrected chi connectivity index (χ1v) is 15.2. The molecule has 0 amide bonds. The maximum absolute atomic E-state index is 13.8. The highest BCUT2D eigenvalue weighted by Gasteiger charge is 2.53. The van der Waals surface area contributed by atoms with Crippen molar-refractivity contribution < 1.29 is 38.3 Å². The summed E-state index contributed by atoms with van der Waals surface area (Å²) in [6, 6.07) is 8.26. The second-order valence-electron chi connectivity index (χ2n) is 11.7. The standard InChI is InChI=1S/C29H36F3N3O5S/c1-16-6-4-5-7-18(16)27(29(39)8-9-40-28(2,3)15-29)41-14-22(37)25(26(38)23(41)13-36)35-12-21(33-34-35)17-10-19(30)24(32)20(31)11-17/h4-7,10-12,22-23,25-27,36-39,41H,8-9,13-15H2,1-3H3/t22-,23+,25-,26-,27-,29-/m0/s1. The zero-order valence-electron chi connectivity index (χ0n) is 23.1. The van der Waals surface area contributed by atoms with Crippen molar-refractivity contribution in [3.63, 3.8) is 0 Å². The summed E-state index contributed by atoms with van der Waals surface area (Å²) in [7, 11) is -1.41. The highest BCUT2D eigenvalue weighted by atomic mass is 32.2. The summed E-state index contributed by atoms with van der Waals surface area (Å²) < 4.78 is 48.2. The molecule has 4 N–H and O–H groups in total. The third kappa shape index (κ3) is 5.65. The Bertz CT molecular complexity index is 1380. The van der Waals surface area contributed by atoms with Gasteiger partial charge in [0.25, 0.3) is 0 Å². The van der Waals surface area contributed by atoms with Crippen LogP contribution in [0.25, 0.3) is 11.3 Å². The Kier molecular flexibility index (Phi) is 8.27. The van der Waals surface area contributed by atoms with Gasteiger partial charge in [0.1, 0.15) is 11.7 Å². The van der Waals surface area contributed by atoms with Crippen molar-refractivity contribution in [2.45, 2.75) is 73.6 Å². The molecule has 0 aliphatic carbocycles. The number of halogens is 3. The van der Waals surface area contributed by atoms with Crippen molar-refractivity contribution in [1.82, 2.24) is 15.0 Å². The highest BCUT2D eigenvalue weighted by Crippen LogP contribution is 2.60. The van der Waals surface area contributed by atoms with Crippen LogP contribution in [0.5, 0.6) is 0 Å². The Balaban J connectivity index is 1.51. The van der Waals surface area contributed by atoms with Gasteiger partial charge in [-0.2, -0.15) is 0 Å². The molecule has 224 valence electrons. The average Bonchev–Trinajstić information content (AvgIpc) is 3.37. The zero-order chi connectivity index (χ0) is 29.7. The molecule has 8 nitrogen and oxygen atoms in total. The molecule has 3 heterocycles. The number of benzene rings is 2. The molecule has 2 aromatic carbocycles. The Labute approximate surface area is 239 Å². The summed E-state index contributed by atoms with van der Waals surface area (Å²) >= 11 is 0. The lowest BCUT2D eigenvalue weighted by Gasteiger charge is -2.54. The van der Waals surface area contributed by atoms with Crippen LogP contribution in [-0.4, -0.2) is 83.0 Å². The molecule has 1 aromatic heterocycles. The van der Waals surface area contributed by atoms with Crippen molar-refractivity contribution in [3.05, 3.63) is 71.2 Å². The van der Waals surface area contributed by atoms with Crippen LogP contribution in [0, 0.1) is 24.4 Å². The van der Waals surface area contributed by atoms with E-state index in [-0.39, 0.29) is 17.0 Å². The first-order valence-electron chi connectivity index (χ1n) is 13.6. The van der Waals surface area contributed by atoms with Crippen molar-refractivity contribution in [3.8, 4) is 11.3 Å². The van der Waals surface area contributed by atoms with E-state index in [0.29, 0.717) is 19.4 Å². The maximum atomic E-state index is 13.8. The molecule has 0 spiro atoms. The van der Waals surface area contributed by atoms with Crippen molar-refractivity contribution >= 4 is 10.9 Å². The molecule has 0 bridgehead atoms. The predicted octanol–water partition coefficient (Wildman–Crippen LogP) is 3.37. The number of aromatic nitrogens is 3. The van der Waals surface area contributed by atoms with Crippen molar-refractivity contribution in [2.24, 2.45) is 0 Å². The van der Waals surface area contributed by atoms with Gasteiger partial charge in [0.2, 0.25) is 0 Å². The smallest absolute Gasteiger partial charge is 0.194 e. The summed E-state index contributed by atoms with van der Waals surface area (Å²) in [6.45, 7) is 5.75. The first kappa shape index (κ1) is 30.0. The van der Waals surface area contributed by atoms with E-state index in [9.17, 15) is 33.6 Å². The number of aliphatic hydroxyl groups excluding tert-OH is 3. The lowest BCUT2D eigenvalue weighted by molar-refractivity contribution is -0.145. The topological polar surface area (TPSA) is 121 Å². The lowest BCUT2D eigenvalue weighted by Crippen LogP contribution is -2.55. The third-order valence-electron chi connectivity index (χ3n) is 8.33. The minimum Gasteiger partial charge on any atom is -0.395 e. The van der Waals surface area contributed by atoms with Gasteiger partial charge in [0, 0.05) is 34.7 Å². The second-order valence-corrected chi connectivity index (χ2v) is 14.3. The molecule has 1 unspecified atom stereocenters. The van der Waals surface area contributed by atoms with Crippen LogP contribution < -0.4 is 0 Å². The summed E-state index contributed by atoms with van der Waals surface area (Å²) in [5, 5.41) is 52.6. The van der Waals surface area contributed by atoms with Crippen LogP contribution in [0.1, 0.15) is 49.1 Å². The minimum absolute atomic E-state index is 0.0205. The fraction of sp³-hybridized carbons (Fsp3) is 0.517. The number of ether oxygens (including phenoxy) is 1. The summed E-state index contributed by atoms with van der Waals surface area (Å²) in [5.41, 5.74) is 0.0172. The van der Waals surface area contributed by atoms with E-state index in [4.69, 9.17) is 4.74 Å². The third-order valence-corrected chi connectivity index (χ3v) is 11.9. The van der Waals surface area contributed by atoms with Crippen LogP contribution in [0.2, 0.25) is 0 Å². The molecule has 2 aliphatic rings. The number of hydrogen-bond donors (Lipinski definition) is 5. The maximum Gasteiger partial charge on any atom is 0.194 e. The Hall–Kier alpha value is -2.48. The van der Waals surface area contributed by atoms with Gasteiger partial charge in [0.05, 0.1) is 42.8 Å². The summed E-state index contributed by atoms with van der Waals surface area (Å²) in [4.78, 5) is 0. The molecule has 2 aliphatic heterocycles. The highest BCUT2D eigenvalue weighted by molar-refractivity contribution is 8.18. The fourth-order valence-electron chi connectivity index (χ4n) is 6.50. The number of aliphatic hydroxyl groups is 4. The van der Waals surface area contributed by atoms with Crippen molar-refractivity contribution in [1.29, 1.82) is 0 Å². The normalized spacial score (nSPS) is 31.6. The fourth-order valence-corrected chi connectivity index (χ4v) is 10.3. The molecular formula is C29H36F3N3O5S. The molecule has 2 fully saturated rings. The van der Waals surface area contributed by atoms with E-state index in [0.717, 1.165) is 23.3 Å². The van der Waals surface area contributed by atoms with E-state index in [1.165, 1.54) is 10.9 Å². The molecule has 2 saturated heterocycles. The Morgan fingerprint density at radius 3 is 2.46 bits per heavy atom. The van der Waals surface area contributed by atoms with Gasteiger partial charge in [-0.1, -0.05) is 29.5 Å². The van der Waals surface area contributed by atoms with Crippen LogP contribution in [0.4, 0.5) is 13.2 Å². The van der Waals surface area contributed by atoms with Gasteiger partial charge in [-0.15, -0.1) is 5.10 Å². The zero-order valence-corrected chi connectivity index (χ0v) is 24.0. The van der Waals surface area contributed by atoms with Crippen molar-refractivity contribution in [2.75, 3.05) is 19.0 Å². The first-order chi connectivity index (χ1) is 19.3. The van der Waals surface area contributed by atoms with Crippen LogP contribution in [-0.2, 0) is 4.74 Å². The molecule has 0 saturated carbocycles. The van der Waals surface area contributed by atoms with E-state index < -0.39 is 74.9 Å². The van der Waals surface area contributed by atoms with Crippen LogP contribution in [0.3, 0.4) is 0 Å². The SMILES string of the molecule is Cc1ccccc1[C@H]([SH]1C[C@H](O)[C@H](n2cc(-c3cc(F)c(F)c(F)c3)nn2)[C@@H](O)[C@H]1CO)[C@]1(O)CCOC(C)(C)C1. The average molecular weight is 596 g/mol. The molecular weight excluding hydrogens is 559 g/mol. The van der Waals surface area contributed by atoms with Gasteiger partial charge < -0.3 is 25.2 Å². The molecule has 12 heteroatoms.